The lowest BCUT2D eigenvalue weighted by Gasteiger charge is -2.28. The Bertz CT molecular complexity index is 212. The van der Waals surface area contributed by atoms with Gasteiger partial charge in [-0.25, -0.2) is 0 Å². The van der Waals surface area contributed by atoms with E-state index in [1.54, 1.807) is 7.05 Å². The fourth-order valence-electron chi connectivity index (χ4n) is 1.52. The Morgan fingerprint density at radius 1 is 1.31 bits per heavy atom. The molecule has 0 aromatic heterocycles. The first kappa shape index (κ1) is 13.8. The third-order valence-electron chi connectivity index (χ3n) is 2.62. The van der Waals surface area contributed by atoms with E-state index in [0.29, 0.717) is 0 Å². The highest BCUT2D eigenvalue weighted by atomic mass is 16.7. The fraction of sp³-hybridized carbons (Fsp3) is 1.00. The van der Waals surface area contributed by atoms with Crippen molar-refractivity contribution in [1.82, 2.24) is 5.32 Å². The minimum atomic E-state index is -1.37. The van der Waals surface area contributed by atoms with Crippen LogP contribution in [0.3, 0.4) is 0 Å². The van der Waals surface area contributed by atoms with Gasteiger partial charge in [0, 0.05) is 13.5 Å². The predicted molar refractivity (Wildman–Crippen MR) is 53.4 cm³/mol. The van der Waals surface area contributed by atoms with Gasteiger partial charge in [0.15, 0.2) is 6.29 Å². The monoisotopic (exact) mass is 237 g/mol. The third-order valence-corrected chi connectivity index (χ3v) is 2.62. The van der Waals surface area contributed by atoms with Gasteiger partial charge >= 0.3 is 0 Å². The summed E-state index contributed by atoms with van der Waals surface area (Å²) in [5, 5.41) is 40.4. The maximum atomic E-state index is 9.65. The van der Waals surface area contributed by atoms with Gasteiger partial charge in [-0.15, -0.1) is 0 Å². The van der Waals surface area contributed by atoms with Crippen molar-refractivity contribution in [3.8, 4) is 0 Å². The molecule has 96 valence electrons. The van der Waals surface area contributed by atoms with Crippen molar-refractivity contribution in [2.45, 2.75) is 43.4 Å². The first-order valence-electron chi connectivity index (χ1n) is 5.09. The van der Waals surface area contributed by atoms with Crippen molar-refractivity contribution >= 4 is 0 Å². The van der Waals surface area contributed by atoms with Gasteiger partial charge in [0.05, 0.1) is 6.10 Å². The number of epoxide rings is 1. The van der Waals surface area contributed by atoms with Gasteiger partial charge in [0.25, 0.3) is 0 Å². The molecule has 1 aliphatic heterocycles. The summed E-state index contributed by atoms with van der Waals surface area (Å²) in [6.07, 6.45) is -5.85. The van der Waals surface area contributed by atoms with E-state index in [1.807, 2.05) is 0 Å². The molecule has 5 N–H and O–H groups in total. The molecule has 0 aliphatic carbocycles. The molecule has 0 amide bonds. The van der Waals surface area contributed by atoms with Crippen molar-refractivity contribution in [3.05, 3.63) is 0 Å². The Kier molecular flexibility index (Phi) is 5.06. The normalized spacial score (nSPS) is 31.9. The molecule has 16 heavy (non-hydrogen) atoms. The molecule has 0 aromatic rings. The van der Waals surface area contributed by atoms with Crippen LogP contribution in [0.2, 0.25) is 0 Å². The van der Waals surface area contributed by atoms with Crippen LogP contribution < -0.4 is 5.32 Å². The van der Waals surface area contributed by atoms with Crippen LogP contribution >= 0.6 is 0 Å². The van der Waals surface area contributed by atoms with Gasteiger partial charge in [-0.3, -0.25) is 5.32 Å². The van der Waals surface area contributed by atoms with Crippen molar-refractivity contribution in [1.29, 1.82) is 0 Å². The third kappa shape index (κ3) is 3.36. The summed E-state index contributed by atoms with van der Waals surface area (Å²) in [7, 11) is 2.93. The molecule has 1 rings (SSSR count). The first-order valence-corrected chi connectivity index (χ1v) is 5.09. The van der Waals surface area contributed by atoms with E-state index in [0.717, 1.165) is 0 Å². The predicted octanol–water partition coefficient (Wildman–Crippen LogP) is -2.63. The Morgan fingerprint density at radius 2 is 1.88 bits per heavy atom. The molecule has 6 atom stereocenters. The fourth-order valence-corrected chi connectivity index (χ4v) is 1.52. The number of nitrogens with one attached hydrogen (secondary N) is 1. The lowest BCUT2D eigenvalue weighted by molar-refractivity contribution is -0.123. The van der Waals surface area contributed by atoms with E-state index in [-0.39, 0.29) is 6.42 Å². The smallest absolute Gasteiger partial charge is 0.181 e. The summed E-state index contributed by atoms with van der Waals surface area (Å²) in [5.74, 6) is 0. The summed E-state index contributed by atoms with van der Waals surface area (Å²) < 4.78 is 9.55. The summed E-state index contributed by atoms with van der Waals surface area (Å²) >= 11 is 0. The Morgan fingerprint density at radius 3 is 2.25 bits per heavy atom. The maximum Gasteiger partial charge on any atom is 0.181 e. The molecule has 1 heterocycles. The van der Waals surface area contributed by atoms with Gasteiger partial charge in [0.1, 0.15) is 24.5 Å². The lowest BCUT2D eigenvalue weighted by atomic mass is 10.0. The maximum absolute atomic E-state index is 9.65. The quantitative estimate of drug-likeness (QED) is 0.243. The zero-order valence-corrected chi connectivity index (χ0v) is 9.28. The number of rotatable bonds is 7. The SMILES string of the molecule is CNC(OC)C(O)C(O)C(O)CC1OC1O. The minimum absolute atomic E-state index is 0.0690. The van der Waals surface area contributed by atoms with E-state index < -0.39 is 36.9 Å². The van der Waals surface area contributed by atoms with Gasteiger partial charge in [-0.05, 0) is 7.05 Å². The van der Waals surface area contributed by atoms with Crippen LogP contribution in [0.5, 0.6) is 0 Å². The largest absolute Gasteiger partial charge is 0.390 e. The van der Waals surface area contributed by atoms with Crippen LogP contribution in [0.25, 0.3) is 0 Å². The molecule has 7 nitrogen and oxygen atoms in total. The Balaban J connectivity index is 2.38. The number of hydrogen-bond donors (Lipinski definition) is 5. The second-order valence-corrected chi connectivity index (χ2v) is 3.79. The molecular formula is C9H19NO6. The number of aliphatic hydroxyl groups excluding tert-OH is 4. The average Bonchev–Trinajstić information content (AvgIpc) is 2.94. The van der Waals surface area contributed by atoms with Gasteiger partial charge in [-0.2, -0.15) is 0 Å². The van der Waals surface area contributed by atoms with E-state index >= 15 is 0 Å². The molecule has 7 heteroatoms. The zero-order chi connectivity index (χ0) is 12.3. The Labute approximate surface area is 93.6 Å². The summed E-state index contributed by atoms with van der Waals surface area (Å²) in [6.45, 7) is 0. The van der Waals surface area contributed by atoms with Gasteiger partial charge in [0.2, 0.25) is 0 Å². The zero-order valence-electron chi connectivity index (χ0n) is 9.28. The highest BCUT2D eigenvalue weighted by Gasteiger charge is 2.41. The lowest BCUT2D eigenvalue weighted by Crippen LogP contribution is -2.50. The van der Waals surface area contributed by atoms with Crippen LogP contribution in [0.1, 0.15) is 6.42 Å². The summed E-state index contributed by atoms with van der Waals surface area (Å²) in [6, 6.07) is 0. The average molecular weight is 237 g/mol. The van der Waals surface area contributed by atoms with Crippen molar-refractivity contribution in [3.63, 3.8) is 0 Å². The molecule has 1 fully saturated rings. The van der Waals surface area contributed by atoms with Crippen molar-refractivity contribution < 1.29 is 29.9 Å². The molecule has 0 radical (unpaired) electrons. The topological polar surface area (TPSA) is 115 Å². The molecule has 0 bridgehead atoms. The first-order chi connectivity index (χ1) is 7.51. The van der Waals surface area contributed by atoms with E-state index in [9.17, 15) is 15.3 Å². The van der Waals surface area contributed by atoms with Crippen LogP contribution in [-0.2, 0) is 9.47 Å². The van der Waals surface area contributed by atoms with Gasteiger partial charge < -0.3 is 29.9 Å². The molecule has 6 unspecified atom stereocenters. The Hall–Kier alpha value is -0.280. The summed E-state index contributed by atoms with van der Waals surface area (Å²) in [5.41, 5.74) is 0. The molecule has 0 spiro atoms. The molecule has 0 saturated carbocycles. The molecular weight excluding hydrogens is 218 g/mol. The number of methoxy groups -OCH3 is 1. The molecule has 0 aromatic carbocycles. The standard InChI is InChI=1S/C9H19NO6/c1-10-8(15-2)7(13)6(12)4(11)3-5-9(14)16-5/h4-14H,3H2,1-2H3. The van der Waals surface area contributed by atoms with Gasteiger partial charge in [-0.1, -0.05) is 0 Å². The second kappa shape index (κ2) is 5.87. The number of likely N-dealkylation sites (N-methyl/N-ethyl adjacent to an activating group) is 1. The summed E-state index contributed by atoms with van der Waals surface area (Å²) in [4.78, 5) is 0. The molecule has 1 saturated heterocycles. The van der Waals surface area contributed by atoms with Crippen LogP contribution in [0.4, 0.5) is 0 Å². The number of ether oxygens (including phenoxy) is 2. The highest BCUT2D eigenvalue weighted by molar-refractivity contribution is 4.86. The van der Waals surface area contributed by atoms with Crippen LogP contribution in [0.15, 0.2) is 0 Å². The van der Waals surface area contributed by atoms with E-state index in [2.05, 4.69) is 10.1 Å². The van der Waals surface area contributed by atoms with Crippen molar-refractivity contribution in [2.24, 2.45) is 0 Å². The van der Waals surface area contributed by atoms with E-state index in [4.69, 9.17) is 9.84 Å². The second-order valence-electron chi connectivity index (χ2n) is 3.79. The number of aliphatic hydroxyl groups is 4. The molecule has 1 aliphatic rings. The van der Waals surface area contributed by atoms with Crippen LogP contribution in [0, 0.1) is 0 Å². The number of hydrogen-bond acceptors (Lipinski definition) is 7. The highest BCUT2D eigenvalue weighted by Crippen LogP contribution is 2.25. The van der Waals surface area contributed by atoms with E-state index in [1.165, 1.54) is 7.11 Å². The van der Waals surface area contributed by atoms with Crippen molar-refractivity contribution in [2.75, 3.05) is 14.2 Å². The minimum Gasteiger partial charge on any atom is -0.390 e. The van der Waals surface area contributed by atoms with Crippen LogP contribution in [-0.4, -0.2) is 71.5 Å².